The summed E-state index contributed by atoms with van der Waals surface area (Å²) in [6.07, 6.45) is 12.5. The molecule has 4 atom stereocenters. The Hall–Kier alpha value is -2.60. The summed E-state index contributed by atoms with van der Waals surface area (Å²) in [7, 11) is 5.49. The van der Waals surface area contributed by atoms with Gasteiger partial charge in [-0.15, -0.1) is 0 Å². The van der Waals surface area contributed by atoms with Gasteiger partial charge in [0.2, 0.25) is 0 Å². The summed E-state index contributed by atoms with van der Waals surface area (Å²) < 4.78 is 11.7. The number of aliphatic hydroxyl groups is 1. The van der Waals surface area contributed by atoms with E-state index in [2.05, 4.69) is 21.3 Å². The van der Waals surface area contributed by atoms with Crippen molar-refractivity contribution >= 4 is 12.1 Å². The number of ether oxygens (including phenoxy) is 2. The third-order valence-electron chi connectivity index (χ3n) is 9.89. The molecule has 0 aromatic heterocycles. The number of para-hydroxylation sites is 1. The Morgan fingerprint density at radius 2 is 1.46 bits per heavy atom. The van der Waals surface area contributed by atoms with Crippen LogP contribution in [0.2, 0.25) is 0 Å². The zero-order valence-electron chi connectivity index (χ0n) is 30.5. The summed E-state index contributed by atoms with van der Waals surface area (Å²) in [5, 5.41) is 24.5. The zero-order chi connectivity index (χ0) is 34.8. The van der Waals surface area contributed by atoms with Crippen molar-refractivity contribution in [1.29, 1.82) is 0 Å². The average molecular weight is 675 g/mol. The van der Waals surface area contributed by atoms with Gasteiger partial charge in [-0.3, -0.25) is 0 Å². The SMILES string of the molecule is CNC[C@H](C)NC(=O)N1CCCCC1.CNC[C@H](C)NC(=O)N1CCC[C@@H](C(O)(CCCCOC)c2ccccc2OC2CCCC2)C1. The average Bonchev–Trinajstić information content (AvgIpc) is 3.61. The van der Waals surface area contributed by atoms with Gasteiger partial charge in [-0.2, -0.15) is 0 Å². The van der Waals surface area contributed by atoms with Crippen LogP contribution in [0.5, 0.6) is 5.75 Å². The van der Waals surface area contributed by atoms with Crippen LogP contribution < -0.4 is 26.0 Å². The van der Waals surface area contributed by atoms with Gasteiger partial charge in [-0.1, -0.05) is 18.2 Å². The molecular weight excluding hydrogens is 608 g/mol. The van der Waals surface area contributed by atoms with E-state index in [9.17, 15) is 14.7 Å². The number of rotatable bonds is 15. The molecule has 2 saturated heterocycles. The Labute approximate surface area is 290 Å². The third kappa shape index (κ3) is 12.7. The van der Waals surface area contributed by atoms with Crippen molar-refractivity contribution in [3.05, 3.63) is 29.8 Å². The highest BCUT2D eigenvalue weighted by molar-refractivity contribution is 5.75. The number of hydrogen-bond donors (Lipinski definition) is 5. The number of nitrogens with one attached hydrogen (secondary N) is 4. The van der Waals surface area contributed by atoms with Gasteiger partial charge in [0.1, 0.15) is 5.75 Å². The highest BCUT2D eigenvalue weighted by Crippen LogP contribution is 2.44. The quantitative estimate of drug-likeness (QED) is 0.169. The standard InChI is InChI=1S/C27H45N3O4.C10H21N3O/c1-21(19-28-2)29-26(31)30-17-10-11-22(20-30)27(32,16-8-9-18-33-3)24-14-6-7-15-25(24)34-23-12-4-5-13-23;1-9(8-11-2)12-10(14)13-6-4-3-5-7-13/h6-7,14-15,21-23,28,32H,4-5,8-13,16-20H2,1-3H3,(H,29,31);9,11H,3-8H2,1-2H3,(H,12,14)/t21-,22+,27?;9-/m00/s1. The lowest BCUT2D eigenvalue weighted by atomic mass is 9.73. The Balaban J connectivity index is 0.000000373. The molecule has 274 valence electrons. The fourth-order valence-corrected chi connectivity index (χ4v) is 7.28. The molecule has 11 heteroatoms. The van der Waals surface area contributed by atoms with Crippen molar-refractivity contribution in [2.75, 3.05) is 67.1 Å². The Morgan fingerprint density at radius 1 is 0.854 bits per heavy atom. The van der Waals surface area contributed by atoms with Gasteiger partial charge in [0, 0.05) is 76.6 Å². The molecule has 1 unspecified atom stereocenters. The minimum absolute atomic E-state index is 0.0475. The molecule has 48 heavy (non-hydrogen) atoms. The molecule has 0 spiro atoms. The normalized spacial score (nSPS) is 21.0. The predicted octanol–water partition coefficient (Wildman–Crippen LogP) is 4.83. The molecule has 1 aromatic rings. The number of piperidine rings is 2. The van der Waals surface area contributed by atoms with E-state index in [0.29, 0.717) is 26.1 Å². The number of carbonyl (C=O) groups is 2. The number of nitrogens with zero attached hydrogens (tertiary/aromatic N) is 2. The molecule has 11 nitrogen and oxygen atoms in total. The maximum absolute atomic E-state index is 13.0. The second-order valence-electron chi connectivity index (χ2n) is 14.0. The monoisotopic (exact) mass is 675 g/mol. The molecule has 1 saturated carbocycles. The van der Waals surface area contributed by atoms with E-state index in [0.717, 1.165) is 88.9 Å². The fraction of sp³-hybridized carbons (Fsp3) is 0.784. The molecule has 5 N–H and O–H groups in total. The van der Waals surface area contributed by atoms with Crippen LogP contribution in [0.1, 0.15) is 96.5 Å². The zero-order valence-corrected chi connectivity index (χ0v) is 30.5. The van der Waals surface area contributed by atoms with Gasteiger partial charge >= 0.3 is 12.1 Å². The maximum atomic E-state index is 13.0. The van der Waals surface area contributed by atoms with Crippen molar-refractivity contribution < 1.29 is 24.2 Å². The van der Waals surface area contributed by atoms with Crippen LogP contribution in [0.15, 0.2) is 24.3 Å². The van der Waals surface area contributed by atoms with Gasteiger partial charge < -0.3 is 45.6 Å². The second kappa shape index (κ2) is 21.5. The van der Waals surface area contributed by atoms with Crippen molar-refractivity contribution in [3.63, 3.8) is 0 Å². The molecule has 1 aliphatic carbocycles. The van der Waals surface area contributed by atoms with Crippen LogP contribution in [0, 0.1) is 5.92 Å². The van der Waals surface area contributed by atoms with E-state index in [1.807, 2.05) is 62.0 Å². The van der Waals surface area contributed by atoms with Crippen LogP contribution in [0.25, 0.3) is 0 Å². The number of methoxy groups -OCH3 is 1. The summed E-state index contributed by atoms with van der Waals surface area (Å²) in [6.45, 7) is 9.31. The van der Waals surface area contributed by atoms with Crippen LogP contribution in [-0.2, 0) is 10.3 Å². The van der Waals surface area contributed by atoms with E-state index in [4.69, 9.17) is 9.47 Å². The lowest BCUT2D eigenvalue weighted by Gasteiger charge is -2.43. The smallest absolute Gasteiger partial charge is 0.317 e. The number of likely N-dealkylation sites (tertiary alicyclic amines) is 2. The minimum atomic E-state index is -1.06. The molecule has 3 aliphatic rings. The molecule has 2 heterocycles. The minimum Gasteiger partial charge on any atom is -0.490 e. The molecule has 3 fully saturated rings. The number of likely N-dealkylation sites (N-methyl/N-ethyl adjacent to an activating group) is 2. The summed E-state index contributed by atoms with van der Waals surface area (Å²) in [6, 6.07) is 8.29. The largest absolute Gasteiger partial charge is 0.490 e. The van der Waals surface area contributed by atoms with Crippen LogP contribution >= 0.6 is 0 Å². The van der Waals surface area contributed by atoms with E-state index in [1.165, 1.54) is 19.3 Å². The Kier molecular flexibility index (Phi) is 17.8. The first kappa shape index (κ1) is 39.8. The second-order valence-corrected chi connectivity index (χ2v) is 14.0. The van der Waals surface area contributed by atoms with Crippen molar-refractivity contribution in [3.8, 4) is 5.75 Å². The summed E-state index contributed by atoms with van der Waals surface area (Å²) in [4.78, 5) is 28.4. The van der Waals surface area contributed by atoms with Gasteiger partial charge in [0.25, 0.3) is 0 Å². The molecular formula is C37H66N6O5. The predicted molar refractivity (Wildman–Crippen MR) is 193 cm³/mol. The maximum Gasteiger partial charge on any atom is 0.317 e. The number of hydrogen-bond acceptors (Lipinski definition) is 7. The number of urea groups is 2. The van der Waals surface area contributed by atoms with E-state index < -0.39 is 5.60 Å². The van der Waals surface area contributed by atoms with E-state index >= 15 is 0 Å². The number of benzene rings is 1. The van der Waals surface area contributed by atoms with Crippen molar-refractivity contribution in [2.45, 2.75) is 115 Å². The fourth-order valence-electron chi connectivity index (χ4n) is 7.28. The first-order valence-corrected chi connectivity index (χ1v) is 18.6. The molecule has 0 radical (unpaired) electrons. The van der Waals surface area contributed by atoms with Gasteiger partial charge in [-0.25, -0.2) is 9.59 Å². The molecule has 2 aliphatic heterocycles. The molecule has 4 amide bonds. The third-order valence-corrected chi connectivity index (χ3v) is 9.89. The number of amides is 4. The lowest BCUT2D eigenvalue weighted by molar-refractivity contribution is -0.0585. The van der Waals surface area contributed by atoms with Gasteiger partial charge in [0.05, 0.1) is 11.7 Å². The van der Waals surface area contributed by atoms with Crippen molar-refractivity contribution in [1.82, 2.24) is 31.1 Å². The summed E-state index contributed by atoms with van der Waals surface area (Å²) in [5.41, 5.74) is -0.187. The van der Waals surface area contributed by atoms with E-state index in [-0.39, 0.29) is 36.2 Å². The molecule has 0 bridgehead atoms. The highest BCUT2D eigenvalue weighted by atomic mass is 16.5. The Morgan fingerprint density at radius 3 is 2.08 bits per heavy atom. The summed E-state index contributed by atoms with van der Waals surface area (Å²) in [5.74, 6) is 0.746. The highest BCUT2D eigenvalue weighted by Gasteiger charge is 2.43. The van der Waals surface area contributed by atoms with E-state index in [1.54, 1.807) is 7.11 Å². The van der Waals surface area contributed by atoms with Gasteiger partial charge in [0.15, 0.2) is 0 Å². The molecule has 4 rings (SSSR count). The van der Waals surface area contributed by atoms with Crippen LogP contribution in [0.3, 0.4) is 0 Å². The first-order chi connectivity index (χ1) is 23.2. The first-order valence-electron chi connectivity index (χ1n) is 18.6. The topological polar surface area (TPSA) is 127 Å². The van der Waals surface area contributed by atoms with Gasteiger partial charge in [-0.05, 0) is 111 Å². The Bertz CT molecular complexity index is 1070. The summed E-state index contributed by atoms with van der Waals surface area (Å²) >= 11 is 0. The van der Waals surface area contributed by atoms with Crippen LogP contribution in [0.4, 0.5) is 9.59 Å². The molecule has 1 aromatic carbocycles. The lowest BCUT2D eigenvalue weighted by Crippen LogP contribution is -2.53. The van der Waals surface area contributed by atoms with Crippen LogP contribution in [-0.4, -0.2) is 112 Å². The number of carbonyl (C=O) groups excluding carboxylic acids is 2. The van der Waals surface area contributed by atoms with Crippen molar-refractivity contribution in [2.24, 2.45) is 5.92 Å². The number of unbranched alkanes of at least 4 members (excludes halogenated alkanes) is 1.